The van der Waals surface area contributed by atoms with Crippen LogP contribution < -0.4 is 5.32 Å². The van der Waals surface area contributed by atoms with E-state index in [4.69, 9.17) is 9.47 Å². The van der Waals surface area contributed by atoms with Crippen molar-refractivity contribution in [1.29, 1.82) is 0 Å². The fourth-order valence-electron chi connectivity index (χ4n) is 4.05. The number of alkyl carbamates (subject to hydrolysis) is 1. The third kappa shape index (κ3) is 7.90. The quantitative estimate of drug-likeness (QED) is 0.534. The average molecular weight is 493 g/mol. The topological polar surface area (TPSA) is 67.9 Å². The van der Waals surface area contributed by atoms with Crippen LogP contribution in [0, 0.1) is 23.4 Å². The number of nitrogens with one attached hydrogen (secondary N) is 1. The maximum atomic E-state index is 14.3. The number of ether oxygens (including phenoxy) is 2. The van der Waals surface area contributed by atoms with Crippen molar-refractivity contribution < 1.29 is 32.2 Å². The normalized spacial score (nSPS) is 15.4. The van der Waals surface area contributed by atoms with Crippen LogP contribution in [0.25, 0.3) is 0 Å². The molecule has 35 heavy (non-hydrogen) atoms. The van der Waals surface area contributed by atoms with Crippen LogP contribution in [0.1, 0.15) is 44.7 Å². The van der Waals surface area contributed by atoms with Gasteiger partial charge in [0.1, 0.15) is 18.0 Å². The summed E-state index contributed by atoms with van der Waals surface area (Å²) in [5.74, 6) is -3.46. The predicted octanol–water partition coefficient (Wildman–Crippen LogP) is 5.59. The molecule has 1 heterocycles. The van der Waals surface area contributed by atoms with Crippen molar-refractivity contribution in [3.05, 3.63) is 71.0 Å². The van der Waals surface area contributed by atoms with Gasteiger partial charge < -0.3 is 19.7 Å². The zero-order valence-corrected chi connectivity index (χ0v) is 20.2. The average Bonchev–Trinajstić information content (AvgIpc) is 2.80. The van der Waals surface area contributed by atoms with Gasteiger partial charge in [-0.05, 0) is 63.1 Å². The molecule has 1 atom stereocenters. The summed E-state index contributed by atoms with van der Waals surface area (Å²) in [5.41, 5.74) is 0.0915. The van der Waals surface area contributed by atoms with Crippen molar-refractivity contribution in [1.82, 2.24) is 10.2 Å². The number of hydrogen-bond acceptors (Lipinski definition) is 4. The molecule has 0 aromatic heterocycles. The van der Waals surface area contributed by atoms with E-state index < -0.39 is 41.3 Å². The number of piperidine rings is 1. The Bertz CT molecular complexity index is 1020. The highest BCUT2D eigenvalue weighted by atomic mass is 19.2. The molecular formula is C26H31F3N2O4. The minimum atomic E-state index is -1.27. The van der Waals surface area contributed by atoms with Crippen molar-refractivity contribution in [2.45, 2.75) is 58.3 Å². The molecule has 0 radical (unpaired) electrons. The molecule has 9 heteroatoms. The van der Waals surface area contributed by atoms with E-state index in [1.807, 2.05) is 30.3 Å². The number of halogens is 3. The molecule has 0 saturated carbocycles. The van der Waals surface area contributed by atoms with Gasteiger partial charge in [0.15, 0.2) is 11.6 Å². The Morgan fingerprint density at radius 3 is 2.29 bits per heavy atom. The number of amides is 2. The van der Waals surface area contributed by atoms with Crippen LogP contribution in [0.5, 0.6) is 0 Å². The van der Waals surface area contributed by atoms with Gasteiger partial charge in [0.25, 0.3) is 0 Å². The van der Waals surface area contributed by atoms with E-state index in [0.29, 0.717) is 32.0 Å². The van der Waals surface area contributed by atoms with Gasteiger partial charge in [-0.2, -0.15) is 0 Å². The number of hydrogen-bond donors (Lipinski definition) is 1. The Balaban J connectivity index is 1.64. The van der Waals surface area contributed by atoms with Crippen molar-refractivity contribution in [2.24, 2.45) is 5.92 Å². The summed E-state index contributed by atoms with van der Waals surface area (Å²) in [7, 11) is 0. The molecule has 0 spiro atoms. The number of benzene rings is 2. The summed E-state index contributed by atoms with van der Waals surface area (Å²) in [5, 5.41) is 2.77. The Morgan fingerprint density at radius 1 is 1.03 bits per heavy atom. The van der Waals surface area contributed by atoms with Crippen molar-refractivity contribution in [2.75, 3.05) is 13.1 Å². The van der Waals surface area contributed by atoms with Gasteiger partial charge in [-0.15, -0.1) is 0 Å². The molecule has 190 valence electrons. The molecule has 2 amide bonds. The Hall–Kier alpha value is -3.23. The van der Waals surface area contributed by atoms with Crippen LogP contribution in [-0.4, -0.2) is 41.8 Å². The molecule has 1 aliphatic heterocycles. The fourth-order valence-corrected chi connectivity index (χ4v) is 4.05. The van der Waals surface area contributed by atoms with E-state index in [1.165, 1.54) is 0 Å². The first kappa shape index (κ1) is 26.4. The first-order chi connectivity index (χ1) is 16.5. The summed E-state index contributed by atoms with van der Waals surface area (Å²) >= 11 is 0. The van der Waals surface area contributed by atoms with Crippen LogP contribution in [-0.2, 0) is 22.5 Å². The van der Waals surface area contributed by atoms with E-state index in [0.717, 1.165) is 11.6 Å². The molecule has 2 aromatic rings. The van der Waals surface area contributed by atoms with Crippen LogP contribution in [0.2, 0.25) is 0 Å². The monoisotopic (exact) mass is 492 g/mol. The van der Waals surface area contributed by atoms with Crippen LogP contribution >= 0.6 is 0 Å². The second-order valence-corrected chi connectivity index (χ2v) is 9.68. The highest BCUT2D eigenvalue weighted by molar-refractivity contribution is 5.68. The molecule has 1 aliphatic rings. The van der Waals surface area contributed by atoms with Crippen molar-refractivity contribution in [3.8, 4) is 0 Å². The van der Waals surface area contributed by atoms with E-state index in [-0.39, 0.29) is 24.5 Å². The molecule has 3 rings (SSSR count). The molecule has 0 aliphatic carbocycles. The number of nitrogens with zero attached hydrogens (tertiary/aromatic N) is 1. The van der Waals surface area contributed by atoms with Crippen LogP contribution in [0.4, 0.5) is 22.8 Å². The predicted molar refractivity (Wildman–Crippen MR) is 124 cm³/mol. The molecule has 1 saturated heterocycles. The van der Waals surface area contributed by atoms with Gasteiger partial charge in [-0.25, -0.2) is 22.8 Å². The second-order valence-electron chi connectivity index (χ2n) is 9.68. The molecule has 2 aromatic carbocycles. The van der Waals surface area contributed by atoms with Gasteiger partial charge >= 0.3 is 12.2 Å². The number of carbonyl (C=O) groups excluding carboxylic acids is 2. The molecule has 6 nitrogen and oxygen atoms in total. The highest BCUT2D eigenvalue weighted by Crippen LogP contribution is 2.26. The smallest absolute Gasteiger partial charge is 0.410 e. The number of rotatable bonds is 6. The third-order valence-corrected chi connectivity index (χ3v) is 5.80. The largest absolute Gasteiger partial charge is 0.445 e. The van der Waals surface area contributed by atoms with Gasteiger partial charge in [0.2, 0.25) is 0 Å². The summed E-state index contributed by atoms with van der Waals surface area (Å²) in [6.45, 7) is 6.08. The minimum Gasteiger partial charge on any atom is -0.445 e. The van der Waals surface area contributed by atoms with Gasteiger partial charge in [-0.3, -0.25) is 0 Å². The maximum Gasteiger partial charge on any atom is 0.410 e. The van der Waals surface area contributed by atoms with Crippen LogP contribution in [0.15, 0.2) is 42.5 Å². The Labute approximate surface area is 203 Å². The SMILES string of the molecule is CC(C)(C)OC(=O)N[C@H](Cc1cc(F)c(F)cc1F)C1CCN(C(=O)OCc2ccccc2)CC1. The maximum absolute atomic E-state index is 14.3. The highest BCUT2D eigenvalue weighted by Gasteiger charge is 2.32. The lowest BCUT2D eigenvalue weighted by Crippen LogP contribution is -2.49. The Morgan fingerprint density at radius 2 is 1.66 bits per heavy atom. The van der Waals surface area contributed by atoms with Gasteiger partial charge in [0, 0.05) is 25.2 Å². The summed E-state index contributed by atoms with van der Waals surface area (Å²) in [4.78, 5) is 26.5. The minimum absolute atomic E-state index is 0.0466. The van der Waals surface area contributed by atoms with E-state index in [1.54, 1.807) is 25.7 Å². The Kier molecular flexibility index (Phi) is 8.64. The van der Waals surface area contributed by atoms with E-state index >= 15 is 0 Å². The fraction of sp³-hybridized carbons (Fsp3) is 0.462. The van der Waals surface area contributed by atoms with Gasteiger partial charge in [0.05, 0.1) is 0 Å². The number of likely N-dealkylation sites (tertiary alicyclic amines) is 1. The zero-order valence-electron chi connectivity index (χ0n) is 20.2. The summed E-state index contributed by atoms with van der Waals surface area (Å²) in [6.07, 6.45) is -0.158. The standard InChI is InChI=1S/C26H31F3N2O4/c1-26(2,3)35-24(32)30-23(14-19-13-21(28)22(29)15-20(19)27)18-9-11-31(12-10-18)25(33)34-16-17-7-5-4-6-8-17/h4-8,13,15,18,23H,9-12,14,16H2,1-3H3,(H,30,32)/t23-/m1/s1. The number of carbonyl (C=O) groups is 2. The zero-order chi connectivity index (χ0) is 25.6. The molecule has 1 N–H and O–H groups in total. The molecule has 0 bridgehead atoms. The first-order valence-corrected chi connectivity index (χ1v) is 11.6. The lowest BCUT2D eigenvalue weighted by atomic mass is 9.86. The summed E-state index contributed by atoms with van der Waals surface area (Å²) < 4.78 is 52.2. The van der Waals surface area contributed by atoms with Crippen LogP contribution in [0.3, 0.4) is 0 Å². The molecule has 1 fully saturated rings. The van der Waals surface area contributed by atoms with Crippen molar-refractivity contribution >= 4 is 12.2 Å². The lowest BCUT2D eigenvalue weighted by Gasteiger charge is -2.36. The summed E-state index contributed by atoms with van der Waals surface area (Å²) in [6, 6.07) is 10.0. The second kappa shape index (κ2) is 11.5. The molecule has 0 unspecified atom stereocenters. The van der Waals surface area contributed by atoms with Crippen molar-refractivity contribution in [3.63, 3.8) is 0 Å². The lowest BCUT2D eigenvalue weighted by molar-refractivity contribution is 0.0450. The first-order valence-electron chi connectivity index (χ1n) is 11.6. The van der Waals surface area contributed by atoms with E-state index in [9.17, 15) is 22.8 Å². The molecular weight excluding hydrogens is 461 g/mol. The van der Waals surface area contributed by atoms with E-state index in [2.05, 4.69) is 5.32 Å². The third-order valence-electron chi connectivity index (χ3n) is 5.80. The van der Waals surface area contributed by atoms with Gasteiger partial charge in [-0.1, -0.05) is 30.3 Å².